The SMILES string of the molecule is CC(C)(C)OC(=O)NCC(CO)(CC1CCCO1)C1CC1. The molecule has 0 radical (unpaired) electrons. The van der Waals surface area contributed by atoms with Crippen LogP contribution in [0.2, 0.25) is 0 Å². The minimum Gasteiger partial charge on any atom is -0.444 e. The number of nitrogens with one attached hydrogen (secondary N) is 1. The number of aliphatic hydroxyl groups excluding tert-OH is 1. The summed E-state index contributed by atoms with van der Waals surface area (Å²) in [6.07, 6.45) is 5.04. The zero-order chi connectivity index (χ0) is 15.5. The maximum absolute atomic E-state index is 11.9. The van der Waals surface area contributed by atoms with Crippen LogP contribution in [0.1, 0.15) is 52.9 Å². The third kappa shape index (κ3) is 4.85. The summed E-state index contributed by atoms with van der Waals surface area (Å²) in [4.78, 5) is 11.9. The zero-order valence-electron chi connectivity index (χ0n) is 13.5. The van der Waals surface area contributed by atoms with E-state index in [4.69, 9.17) is 9.47 Å². The van der Waals surface area contributed by atoms with Crippen LogP contribution in [0.5, 0.6) is 0 Å². The van der Waals surface area contributed by atoms with Crippen molar-refractivity contribution in [2.24, 2.45) is 11.3 Å². The molecule has 1 aliphatic carbocycles. The average Bonchev–Trinajstić information content (AvgIpc) is 3.12. The van der Waals surface area contributed by atoms with Gasteiger partial charge in [-0.2, -0.15) is 0 Å². The van der Waals surface area contributed by atoms with E-state index in [1.54, 1.807) is 0 Å². The number of carbonyl (C=O) groups is 1. The molecule has 2 atom stereocenters. The molecule has 2 fully saturated rings. The van der Waals surface area contributed by atoms with Gasteiger partial charge >= 0.3 is 6.09 Å². The molecule has 1 saturated carbocycles. The Morgan fingerprint density at radius 3 is 2.52 bits per heavy atom. The number of hydrogen-bond acceptors (Lipinski definition) is 4. The Kier molecular flexibility index (Phi) is 5.15. The van der Waals surface area contributed by atoms with Crippen LogP contribution in [0.15, 0.2) is 0 Å². The molecule has 0 aromatic rings. The summed E-state index contributed by atoms with van der Waals surface area (Å²) in [6, 6.07) is 0. The highest BCUT2D eigenvalue weighted by molar-refractivity contribution is 5.67. The molecule has 0 spiro atoms. The van der Waals surface area contributed by atoms with Gasteiger partial charge in [-0.15, -0.1) is 0 Å². The van der Waals surface area contributed by atoms with Gasteiger partial charge in [-0.25, -0.2) is 4.79 Å². The van der Waals surface area contributed by atoms with Crippen molar-refractivity contribution in [2.75, 3.05) is 19.8 Å². The molecule has 21 heavy (non-hydrogen) atoms. The van der Waals surface area contributed by atoms with E-state index in [-0.39, 0.29) is 18.1 Å². The monoisotopic (exact) mass is 299 g/mol. The second-order valence-electron chi connectivity index (χ2n) is 7.49. The molecule has 0 bridgehead atoms. The Hall–Kier alpha value is -0.810. The lowest BCUT2D eigenvalue weighted by Gasteiger charge is -2.34. The Labute approximate surface area is 127 Å². The minimum atomic E-state index is -0.500. The van der Waals surface area contributed by atoms with Crippen molar-refractivity contribution in [3.05, 3.63) is 0 Å². The van der Waals surface area contributed by atoms with Gasteiger partial charge in [0, 0.05) is 18.6 Å². The molecule has 5 nitrogen and oxygen atoms in total. The van der Waals surface area contributed by atoms with Crippen molar-refractivity contribution in [1.29, 1.82) is 0 Å². The third-order valence-corrected chi connectivity index (χ3v) is 4.40. The van der Waals surface area contributed by atoms with Gasteiger partial charge < -0.3 is 19.9 Å². The van der Waals surface area contributed by atoms with Crippen molar-refractivity contribution in [1.82, 2.24) is 5.32 Å². The molecule has 122 valence electrons. The zero-order valence-corrected chi connectivity index (χ0v) is 13.5. The largest absolute Gasteiger partial charge is 0.444 e. The number of ether oxygens (including phenoxy) is 2. The second-order valence-corrected chi connectivity index (χ2v) is 7.49. The van der Waals surface area contributed by atoms with Crippen LogP contribution in [0.25, 0.3) is 0 Å². The maximum Gasteiger partial charge on any atom is 0.407 e. The molecule has 2 unspecified atom stereocenters. The van der Waals surface area contributed by atoms with Crippen LogP contribution in [0.3, 0.4) is 0 Å². The van der Waals surface area contributed by atoms with E-state index in [1.165, 1.54) is 0 Å². The summed E-state index contributed by atoms with van der Waals surface area (Å²) in [5.41, 5.74) is -0.758. The number of aliphatic hydroxyl groups is 1. The minimum absolute atomic E-state index is 0.0906. The van der Waals surface area contributed by atoms with Crippen LogP contribution in [-0.2, 0) is 9.47 Å². The van der Waals surface area contributed by atoms with Crippen molar-refractivity contribution < 1.29 is 19.4 Å². The predicted molar refractivity (Wildman–Crippen MR) is 80.1 cm³/mol. The Balaban J connectivity index is 1.91. The number of amides is 1. The lowest BCUT2D eigenvalue weighted by atomic mass is 9.77. The fraction of sp³-hybridized carbons (Fsp3) is 0.938. The first-order valence-electron chi connectivity index (χ1n) is 8.04. The van der Waals surface area contributed by atoms with Crippen LogP contribution in [0, 0.1) is 11.3 Å². The fourth-order valence-corrected chi connectivity index (χ4v) is 3.15. The number of carbonyl (C=O) groups excluding carboxylic acids is 1. The van der Waals surface area contributed by atoms with Crippen molar-refractivity contribution in [3.8, 4) is 0 Å². The normalized spacial score (nSPS) is 25.4. The van der Waals surface area contributed by atoms with E-state index in [1.807, 2.05) is 20.8 Å². The van der Waals surface area contributed by atoms with E-state index in [9.17, 15) is 9.90 Å². The highest BCUT2D eigenvalue weighted by Gasteiger charge is 2.46. The lowest BCUT2D eigenvalue weighted by molar-refractivity contribution is 0.0119. The van der Waals surface area contributed by atoms with Crippen LogP contribution in [0.4, 0.5) is 4.79 Å². The summed E-state index contributed by atoms with van der Waals surface area (Å²) in [7, 11) is 0. The first-order chi connectivity index (χ1) is 9.85. The molecule has 0 aromatic carbocycles. The molecule has 1 aliphatic heterocycles. The van der Waals surface area contributed by atoms with E-state index in [2.05, 4.69) is 5.32 Å². The maximum atomic E-state index is 11.9. The van der Waals surface area contributed by atoms with E-state index in [0.29, 0.717) is 12.5 Å². The van der Waals surface area contributed by atoms with Gasteiger partial charge in [-0.3, -0.25) is 0 Å². The number of hydrogen-bond donors (Lipinski definition) is 2. The van der Waals surface area contributed by atoms with Crippen molar-refractivity contribution in [3.63, 3.8) is 0 Å². The van der Waals surface area contributed by atoms with Gasteiger partial charge in [0.1, 0.15) is 5.60 Å². The highest BCUT2D eigenvalue weighted by atomic mass is 16.6. The second kappa shape index (κ2) is 6.53. The summed E-state index contributed by atoms with van der Waals surface area (Å²) in [6.45, 7) is 6.91. The van der Waals surface area contributed by atoms with Gasteiger partial charge in [0.25, 0.3) is 0 Å². The average molecular weight is 299 g/mol. The Bertz CT molecular complexity index is 356. The summed E-state index contributed by atoms with van der Waals surface area (Å²) in [5, 5.41) is 12.8. The molecule has 2 rings (SSSR count). The first-order valence-corrected chi connectivity index (χ1v) is 8.04. The molecule has 1 amide bonds. The number of rotatable bonds is 6. The van der Waals surface area contributed by atoms with Gasteiger partial charge in [-0.1, -0.05) is 0 Å². The summed E-state index contributed by atoms with van der Waals surface area (Å²) < 4.78 is 11.0. The molecular formula is C16H29NO4. The standard InChI is InChI=1S/C16H29NO4/c1-15(2,3)21-14(19)17-10-16(11-18,12-6-7-12)9-13-5-4-8-20-13/h12-13,18H,4-11H2,1-3H3,(H,17,19). The molecule has 1 saturated heterocycles. The Morgan fingerprint density at radius 1 is 1.33 bits per heavy atom. The quantitative estimate of drug-likeness (QED) is 0.790. The van der Waals surface area contributed by atoms with Gasteiger partial charge in [0.05, 0.1) is 12.7 Å². The molecule has 1 heterocycles. The molecule has 2 N–H and O–H groups in total. The van der Waals surface area contributed by atoms with Crippen LogP contribution in [-0.4, -0.2) is 42.7 Å². The molecule has 0 aromatic heterocycles. The third-order valence-electron chi connectivity index (χ3n) is 4.40. The topological polar surface area (TPSA) is 67.8 Å². The molecule has 5 heteroatoms. The first kappa shape index (κ1) is 16.6. The fourth-order valence-electron chi connectivity index (χ4n) is 3.15. The number of alkyl carbamates (subject to hydrolysis) is 1. The predicted octanol–water partition coefficient (Wildman–Crippen LogP) is 2.47. The molecular weight excluding hydrogens is 270 g/mol. The highest BCUT2D eigenvalue weighted by Crippen LogP contribution is 2.49. The van der Waals surface area contributed by atoms with Crippen molar-refractivity contribution >= 4 is 6.09 Å². The van der Waals surface area contributed by atoms with E-state index in [0.717, 1.165) is 38.7 Å². The Morgan fingerprint density at radius 2 is 2.05 bits per heavy atom. The van der Waals surface area contributed by atoms with Crippen molar-refractivity contribution in [2.45, 2.75) is 64.6 Å². The van der Waals surface area contributed by atoms with E-state index < -0.39 is 11.7 Å². The van der Waals surface area contributed by atoms with E-state index >= 15 is 0 Å². The van der Waals surface area contributed by atoms with Crippen LogP contribution < -0.4 is 5.32 Å². The summed E-state index contributed by atoms with van der Waals surface area (Å²) in [5.74, 6) is 0.488. The van der Waals surface area contributed by atoms with Crippen LogP contribution >= 0.6 is 0 Å². The van der Waals surface area contributed by atoms with Gasteiger partial charge in [0.2, 0.25) is 0 Å². The van der Waals surface area contributed by atoms with Gasteiger partial charge in [0.15, 0.2) is 0 Å². The molecule has 2 aliphatic rings. The van der Waals surface area contributed by atoms with Gasteiger partial charge in [-0.05, 0) is 58.8 Å². The summed E-state index contributed by atoms with van der Waals surface area (Å²) >= 11 is 0. The smallest absolute Gasteiger partial charge is 0.407 e. The lowest BCUT2D eigenvalue weighted by Crippen LogP contribution is -2.45.